The van der Waals surface area contributed by atoms with Crippen molar-refractivity contribution in [2.45, 2.75) is 45.2 Å². The van der Waals surface area contributed by atoms with Gasteiger partial charge in [-0.15, -0.1) is 6.42 Å². The predicted octanol–water partition coefficient (Wildman–Crippen LogP) is 5.72. The van der Waals surface area contributed by atoms with E-state index < -0.39 is 17.0 Å². The van der Waals surface area contributed by atoms with Crippen LogP contribution in [0.4, 0.5) is 19.0 Å². The lowest BCUT2D eigenvalue weighted by Crippen LogP contribution is -2.51. The fraction of sp³-hybridized carbons (Fsp3) is 0.417. The maximum Gasteiger partial charge on any atom is 0.319 e. The summed E-state index contributed by atoms with van der Waals surface area (Å²) in [6.07, 6.45) is 8.94. The molecule has 0 amide bonds. The number of pyridine rings is 1. The topological polar surface area (TPSA) is 95.9 Å². The molecule has 7 rings (SSSR count). The van der Waals surface area contributed by atoms with Crippen LogP contribution in [-0.2, 0) is 0 Å². The van der Waals surface area contributed by atoms with Gasteiger partial charge in [0, 0.05) is 54.6 Å². The third-order valence-electron chi connectivity index (χ3n) is 9.77. The van der Waals surface area contributed by atoms with Crippen molar-refractivity contribution in [2.75, 3.05) is 51.3 Å². The first-order valence-corrected chi connectivity index (χ1v) is 16.2. The molecule has 3 saturated heterocycles. The Morgan fingerprint density at radius 1 is 1.12 bits per heavy atom. The van der Waals surface area contributed by atoms with Crippen LogP contribution in [0.3, 0.4) is 0 Å². The fourth-order valence-electron chi connectivity index (χ4n) is 7.48. The van der Waals surface area contributed by atoms with Crippen LogP contribution in [0.2, 0.25) is 0 Å². The molecule has 12 heteroatoms. The Hall–Kier alpha value is -4.60. The van der Waals surface area contributed by atoms with E-state index in [4.69, 9.17) is 20.9 Å². The van der Waals surface area contributed by atoms with Crippen molar-refractivity contribution in [3.8, 4) is 41.2 Å². The number of phenolic OH excluding ortho intramolecular Hbond substituents is 1. The van der Waals surface area contributed by atoms with Crippen molar-refractivity contribution in [3.63, 3.8) is 0 Å². The largest absolute Gasteiger partial charge is 0.508 e. The number of phenols is 1. The standard InChI is InChI=1S/C36H37F3N6O3/c1-5-25-27(38)10-7-20-13-24(46)14-26(28(20)25)31-30(39)32-29(34(41-31)47-6-2)33(45-16-22-8-9-23(17-45)40-22)43-35(42-32)48-19-36(3)18-44(4)12-11-21(36)15-37/h1,7,10,13-15,22-23,40,46H,6,8-9,11-12,16-19H2,2-4H3/b21-15+/t22-,23+,36-/m0/s1. The first-order chi connectivity index (χ1) is 23.1. The molecule has 2 N–H and O–H groups in total. The zero-order valence-corrected chi connectivity index (χ0v) is 27.1. The number of likely N-dealkylation sites (tertiary alicyclic amines) is 1. The van der Waals surface area contributed by atoms with Crippen LogP contribution < -0.4 is 19.7 Å². The number of benzene rings is 2. The number of anilines is 1. The summed E-state index contributed by atoms with van der Waals surface area (Å²) in [6.45, 7) is 6.50. The van der Waals surface area contributed by atoms with E-state index in [0.717, 1.165) is 19.4 Å². The van der Waals surface area contributed by atoms with Gasteiger partial charge in [-0.05, 0) is 62.4 Å². The van der Waals surface area contributed by atoms with E-state index in [9.17, 15) is 13.9 Å². The molecular weight excluding hydrogens is 621 g/mol. The number of hydrogen-bond acceptors (Lipinski definition) is 9. The molecule has 0 radical (unpaired) electrons. The van der Waals surface area contributed by atoms with Gasteiger partial charge in [-0.1, -0.05) is 18.9 Å². The SMILES string of the molecule is C#Cc1c(F)ccc2cc(O)cc(-c3nc(OCC)c4c(N5C[C@H]6CC[C@@H](C5)N6)nc(OC[C@]5(C)CN(C)CC/C5=C\F)nc4c3F)c12. The lowest BCUT2D eigenvalue weighted by Gasteiger charge is -2.40. The smallest absolute Gasteiger partial charge is 0.319 e. The molecule has 3 aliphatic rings. The first-order valence-electron chi connectivity index (χ1n) is 16.2. The molecule has 2 aromatic carbocycles. The number of nitrogens with zero attached hydrogens (tertiary/aromatic N) is 5. The summed E-state index contributed by atoms with van der Waals surface area (Å²) in [5.74, 6) is 1.18. The number of fused-ring (bicyclic) bond motifs is 4. The Morgan fingerprint density at radius 3 is 2.60 bits per heavy atom. The number of terminal acetylenes is 1. The highest BCUT2D eigenvalue weighted by molar-refractivity contribution is 6.04. The Bertz CT molecular complexity index is 1990. The highest BCUT2D eigenvalue weighted by Crippen LogP contribution is 2.43. The quantitative estimate of drug-likeness (QED) is 0.242. The van der Waals surface area contributed by atoms with E-state index in [-0.39, 0.29) is 76.0 Å². The molecule has 250 valence electrons. The molecule has 4 aromatic rings. The molecule has 3 fully saturated rings. The number of aromatic hydroxyl groups is 1. The number of nitrogens with one attached hydrogen (secondary N) is 1. The van der Waals surface area contributed by atoms with Gasteiger partial charge in [-0.2, -0.15) is 9.97 Å². The summed E-state index contributed by atoms with van der Waals surface area (Å²) in [6, 6.07) is 5.78. The molecule has 0 saturated carbocycles. The van der Waals surface area contributed by atoms with Crippen molar-refractivity contribution in [2.24, 2.45) is 5.41 Å². The Kier molecular flexibility index (Phi) is 8.29. The monoisotopic (exact) mass is 658 g/mol. The second-order valence-electron chi connectivity index (χ2n) is 13.2. The average Bonchev–Trinajstić information content (AvgIpc) is 3.41. The number of piperazine rings is 1. The van der Waals surface area contributed by atoms with E-state index in [1.165, 1.54) is 24.3 Å². The van der Waals surface area contributed by atoms with Crippen LogP contribution in [0.1, 0.15) is 38.7 Å². The minimum absolute atomic E-state index is 0.0602. The van der Waals surface area contributed by atoms with Gasteiger partial charge in [0.1, 0.15) is 40.6 Å². The van der Waals surface area contributed by atoms with Crippen molar-refractivity contribution in [1.29, 1.82) is 0 Å². The Balaban J connectivity index is 1.45. The zero-order chi connectivity index (χ0) is 33.7. The lowest BCUT2D eigenvalue weighted by atomic mass is 9.78. The van der Waals surface area contributed by atoms with E-state index in [0.29, 0.717) is 49.2 Å². The van der Waals surface area contributed by atoms with E-state index >= 15 is 4.39 Å². The number of ether oxygens (including phenoxy) is 2. The summed E-state index contributed by atoms with van der Waals surface area (Å²) < 4.78 is 58.4. The molecule has 0 aliphatic carbocycles. The zero-order valence-electron chi connectivity index (χ0n) is 27.1. The lowest BCUT2D eigenvalue weighted by molar-refractivity contribution is 0.109. The summed E-state index contributed by atoms with van der Waals surface area (Å²) in [5.41, 5.74) is -0.388. The average molecular weight is 659 g/mol. The number of aromatic nitrogens is 3. The normalized spacial score (nSPS) is 23.6. The van der Waals surface area contributed by atoms with Crippen molar-refractivity contribution >= 4 is 27.5 Å². The molecule has 2 aromatic heterocycles. The van der Waals surface area contributed by atoms with Gasteiger partial charge in [0.05, 0.1) is 18.5 Å². The molecule has 2 bridgehead atoms. The van der Waals surface area contributed by atoms with Crippen LogP contribution in [0, 0.1) is 29.4 Å². The predicted molar refractivity (Wildman–Crippen MR) is 178 cm³/mol. The summed E-state index contributed by atoms with van der Waals surface area (Å²) in [4.78, 5) is 18.2. The molecule has 5 heterocycles. The van der Waals surface area contributed by atoms with Gasteiger partial charge in [0.2, 0.25) is 5.88 Å². The van der Waals surface area contributed by atoms with Crippen molar-refractivity contribution < 1.29 is 27.8 Å². The number of hydrogen-bond donors (Lipinski definition) is 2. The van der Waals surface area contributed by atoms with Crippen LogP contribution in [-0.4, -0.2) is 83.5 Å². The third kappa shape index (κ3) is 5.54. The van der Waals surface area contributed by atoms with Gasteiger partial charge >= 0.3 is 6.01 Å². The summed E-state index contributed by atoms with van der Waals surface area (Å²) >= 11 is 0. The highest BCUT2D eigenvalue weighted by Gasteiger charge is 2.38. The van der Waals surface area contributed by atoms with Crippen LogP contribution >= 0.6 is 0 Å². The second-order valence-corrected chi connectivity index (χ2v) is 13.2. The summed E-state index contributed by atoms with van der Waals surface area (Å²) in [7, 11) is 1.97. The van der Waals surface area contributed by atoms with E-state index in [1.54, 1.807) is 6.92 Å². The number of halogens is 3. The first kappa shape index (κ1) is 32.0. The molecule has 3 atom stereocenters. The Morgan fingerprint density at radius 2 is 1.90 bits per heavy atom. The van der Waals surface area contributed by atoms with Gasteiger partial charge in [-0.3, -0.25) is 0 Å². The van der Waals surface area contributed by atoms with Crippen molar-refractivity contribution in [3.05, 3.63) is 53.4 Å². The number of piperidine rings is 1. The second kappa shape index (κ2) is 12.5. The van der Waals surface area contributed by atoms with Gasteiger partial charge in [-0.25, -0.2) is 18.2 Å². The van der Waals surface area contributed by atoms with Crippen molar-refractivity contribution in [1.82, 2.24) is 25.2 Å². The van der Waals surface area contributed by atoms with E-state index in [1.807, 2.05) is 14.0 Å². The van der Waals surface area contributed by atoms with E-state index in [2.05, 4.69) is 31.0 Å². The molecular formula is C36H37F3N6O3. The minimum Gasteiger partial charge on any atom is -0.508 e. The maximum absolute atomic E-state index is 17.1. The van der Waals surface area contributed by atoms with Crippen LogP contribution in [0.15, 0.2) is 36.2 Å². The molecule has 0 unspecified atom stereocenters. The maximum atomic E-state index is 17.1. The summed E-state index contributed by atoms with van der Waals surface area (Å²) in [5, 5.41) is 15.2. The van der Waals surface area contributed by atoms with Gasteiger partial charge in [0.15, 0.2) is 5.82 Å². The molecule has 3 aliphatic heterocycles. The van der Waals surface area contributed by atoms with Gasteiger partial charge in [0.25, 0.3) is 0 Å². The highest BCUT2D eigenvalue weighted by atomic mass is 19.1. The van der Waals surface area contributed by atoms with Gasteiger partial charge < -0.3 is 29.7 Å². The van der Waals surface area contributed by atoms with Crippen LogP contribution in [0.25, 0.3) is 32.9 Å². The van der Waals surface area contributed by atoms with Crippen LogP contribution in [0.5, 0.6) is 17.6 Å². The Labute approximate surface area is 276 Å². The molecule has 9 nitrogen and oxygen atoms in total. The third-order valence-corrected chi connectivity index (χ3v) is 9.77. The number of rotatable bonds is 7. The molecule has 48 heavy (non-hydrogen) atoms. The fourth-order valence-corrected chi connectivity index (χ4v) is 7.48. The molecule has 0 spiro atoms. The minimum atomic E-state index is -0.841.